The highest BCUT2D eigenvalue weighted by molar-refractivity contribution is 9.09. The number of alkyl halides is 1. The molecular weight excluding hydrogens is 274 g/mol. The van der Waals surface area contributed by atoms with Gasteiger partial charge in [0.2, 0.25) is 0 Å². The highest BCUT2D eigenvalue weighted by atomic mass is 79.9. The summed E-state index contributed by atoms with van der Waals surface area (Å²) in [5, 5.41) is 0. The zero-order valence-electron chi connectivity index (χ0n) is 8.33. The van der Waals surface area contributed by atoms with Crippen LogP contribution in [-0.4, -0.2) is 0 Å². The molecule has 2 rings (SSSR count). The molecule has 0 heterocycles. The summed E-state index contributed by atoms with van der Waals surface area (Å²) in [6.07, 6.45) is 0. The maximum Gasteiger partial charge on any atom is 0.123 e. The first-order valence-corrected chi connectivity index (χ1v) is 5.73. The number of rotatable bonds is 2. The minimum atomic E-state index is -0.275. The molecular formula is C13H9BrF2. The maximum atomic E-state index is 13.0. The fraction of sp³-hybridized carbons (Fsp3) is 0.0769. The molecule has 0 aliphatic rings. The lowest BCUT2D eigenvalue weighted by Crippen LogP contribution is -1.93. The van der Waals surface area contributed by atoms with Gasteiger partial charge in [-0.3, -0.25) is 0 Å². The molecule has 0 radical (unpaired) electrons. The molecule has 0 aliphatic carbocycles. The summed E-state index contributed by atoms with van der Waals surface area (Å²) >= 11 is 3.46. The Morgan fingerprint density at radius 1 is 0.812 bits per heavy atom. The Bertz CT molecular complexity index is 480. The van der Waals surface area contributed by atoms with Gasteiger partial charge in [-0.25, -0.2) is 8.78 Å². The Balaban J connectivity index is 2.31. The van der Waals surface area contributed by atoms with Gasteiger partial charge >= 0.3 is 0 Å². The van der Waals surface area contributed by atoms with Crippen molar-refractivity contribution in [1.82, 2.24) is 0 Å². The van der Waals surface area contributed by atoms with Gasteiger partial charge in [0, 0.05) is 0 Å². The summed E-state index contributed by atoms with van der Waals surface area (Å²) in [5.41, 5.74) is 1.71. The first-order valence-electron chi connectivity index (χ1n) is 4.82. The van der Waals surface area contributed by atoms with E-state index in [1.165, 1.54) is 24.3 Å². The van der Waals surface area contributed by atoms with Gasteiger partial charge in [-0.2, -0.15) is 0 Å². The molecule has 2 aromatic carbocycles. The fourth-order valence-electron chi connectivity index (χ4n) is 1.49. The number of hydrogen-bond acceptors (Lipinski definition) is 0. The molecule has 0 aliphatic heterocycles. The van der Waals surface area contributed by atoms with Crippen molar-refractivity contribution in [2.24, 2.45) is 0 Å². The summed E-state index contributed by atoms with van der Waals surface area (Å²) in [4.78, 5) is -0.121. The van der Waals surface area contributed by atoms with Crippen LogP contribution in [0.3, 0.4) is 0 Å². The van der Waals surface area contributed by atoms with E-state index in [2.05, 4.69) is 15.9 Å². The zero-order chi connectivity index (χ0) is 11.5. The van der Waals surface area contributed by atoms with Crippen LogP contribution in [0.1, 0.15) is 16.0 Å². The molecule has 0 saturated heterocycles. The van der Waals surface area contributed by atoms with E-state index >= 15 is 0 Å². The van der Waals surface area contributed by atoms with Crippen LogP contribution in [0.25, 0.3) is 0 Å². The molecule has 0 fully saturated rings. The molecule has 0 bridgehead atoms. The second kappa shape index (κ2) is 4.74. The van der Waals surface area contributed by atoms with Gasteiger partial charge in [0.25, 0.3) is 0 Å². The van der Waals surface area contributed by atoms with E-state index in [0.29, 0.717) is 0 Å². The normalized spacial score (nSPS) is 12.4. The van der Waals surface area contributed by atoms with Crippen molar-refractivity contribution in [1.29, 1.82) is 0 Å². The van der Waals surface area contributed by atoms with E-state index < -0.39 is 0 Å². The molecule has 0 amide bonds. The summed E-state index contributed by atoms with van der Waals surface area (Å²) in [6, 6.07) is 12.5. The van der Waals surface area contributed by atoms with Crippen molar-refractivity contribution in [3.8, 4) is 0 Å². The summed E-state index contributed by atoms with van der Waals surface area (Å²) < 4.78 is 25.8. The smallest absolute Gasteiger partial charge is 0.123 e. The van der Waals surface area contributed by atoms with Gasteiger partial charge in [-0.15, -0.1) is 0 Å². The van der Waals surface area contributed by atoms with Gasteiger partial charge in [-0.05, 0) is 35.4 Å². The lowest BCUT2D eigenvalue weighted by Gasteiger charge is -2.10. The highest BCUT2D eigenvalue weighted by Crippen LogP contribution is 2.30. The van der Waals surface area contributed by atoms with Crippen LogP contribution < -0.4 is 0 Å². The average molecular weight is 283 g/mol. The second-order valence-corrected chi connectivity index (χ2v) is 4.38. The van der Waals surface area contributed by atoms with Crippen molar-refractivity contribution in [3.63, 3.8) is 0 Å². The third-order valence-corrected chi connectivity index (χ3v) is 3.36. The Hall–Kier alpha value is -1.22. The van der Waals surface area contributed by atoms with Crippen molar-refractivity contribution in [2.75, 3.05) is 0 Å². The van der Waals surface area contributed by atoms with E-state index in [9.17, 15) is 8.78 Å². The van der Waals surface area contributed by atoms with Crippen molar-refractivity contribution in [2.45, 2.75) is 4.83 Å². The standard InChI is InChI=1S/C13H9BrF2/c14-13(9-4-6-11(15)7-5-9)10-2-1-3-12(16)8-10/h1-8,13H. The number of hydrogen-bond donors (Lipinski definition) is 0. The predicted molar refractivity (Wildman–Crippen MR) is 63.6 cm³/mol. The van der Waals surface area contributed by atoms with Crippen LogP contribution in [0, 0.1) is 11.6 Å². The van der Waals surface area contributed by atoms with Crippen LogP contribution in [0.15, 0.2) is 48.5 Å². The lowest BCUT2D eigenvalue weighted by molar-refractivity contribution is 0.624. The molecule has 1 atom stereocenters. The first-order chi connectivity index (χ1) is 7.66. The Morgan fingerprint density at radius 2 is 1.50 bits per heavy atom. The van der Waals surface area contributed by atoms with Crippen LogP contribution in [0.5, 0.6) is 0 Å². The van der Waals surface area contributed by atoms with Gasteiger partial charge in [0.05, 0.1) is 4.83 Å². The number of halogens is 3. The van der Waals surface area contributed by atoms with Crippen LogP contribution in [-0.2, 0) is 0 Å². The average Bonchev–Trinajstić information content (AvgIpc) is 2.29. The zero-order valence-corrected chi connectivity index (χ0v) is 9.92. The summed E-state index contributed by atoms with van der Waals surface area (Å²) in [6.45, 7) is 0. The third kappa shape index (κ3) is 2.47. The van der Waals surface area contributed by atoms with E-state index in [0.717, 1.165) is 11.1 Å². The predicted octanol–water partition coefficient (Wildman–Crippen LogP) is 4.45. The highest BCUT2D eigenvalue weighted by Gasteiger charge is 2.10. The summed E-state index contributed by atoms with van der Waals surface area (Å²) in [5.74, 6) is -0.549. The minimum Gasteiger partial charge on any atom is -0.207 e. The molecule has 1 unspecified atom stereocenters. The van der Waals surface area contributed by atoms with E-state index in [1.807, 2.05) is 6.07 Å². The SMILES string of the molecule is Fc1ccc(C(Br)c2cccc(F)c2)cc1. The van der Waals surface area contributed by atoms with E-state index in [1.54, 1.807) is 18.2 Å². The van der Waals surface area contributed by atoms with Crippen molar-refractivity contribution < 1.29 is 8.78 Å². The molecule has 3 heteroatoms. The van der Waals surface area contributed by atoms with Crippen LogP contribution >= 0.6 is 15.9 Å². The van der Waals surface area contributed by atoms with Gasteiger partial charge in [0.15, 0.2) is 0 Å². The fourth-order valence-corrected chi connectivity index (χ4v) is 2.08. The second-order valence-electron chi connectivity index (χ2n) is 3.47. The Morgan fingerprint density at radius 3 is 2.12 bits per heavy atom. The molecule has 0 saturated carbocycles. The quantitative estimate of drug-likeness (QED) is 0.714. The maximum absolute atomic E-state index is 13.0. The van der Waals surface area contributed by atoms with E-state index in [-0.39, 0.29) is 16.5 Å². The molecule has 0 spiro atoms. The first kappa shape index (κ1) is 11.3. The molecule has 0 nitrogen and oxygen atoms in total. The molecule has 82 valence electrons. The van der Waals surface area contributed by atoms with Crippen molar-refractivity contribution >= 4 is 15.9 Å². The Labute approximate surface area is 101 Å². The topological polar surface area (TPSA) is 0 Å². The summed E-state index contributed by atoms with van der Waals surface area (Å²) in [7, 11) is 0. The van der Waals surface area contributed by atoms with Gasteiger partial charge in [0.1, 0.15) is 11.6 Å². The van der Waals surface area contributed by atoms with Crippen LogP contribution in [0.4, 0.5) is 8.78 Å². The molecule has 0 N–H and O–H groups in total. The third-order valence-electron chi connectivity index (χ3n) is 2.30. The van der Waals surface area contributed by atoms with Crippen LogP contribution in [0.2, 0.25) is 0 Å². The molecule has 0 aromatic heterocycles. The van der Waals surface area contributed by atoms with Crippen molar-refractivity contribution in [3.05, 3.63) is 71.3 Å². The largest absolute Gasteiger partial charge is 0.207 e. The van der Waals surface area contributed by atoms with Gasteiger partial charge in [-0.1, -0.05) is 40.2 Å². The molecule has 16 heavy (non-hydrogen) atoms. The lowest BCUT2D eigenvalue weighted by atomic mass is 10.0. The monoisotopic (exact) mass is 282 g/mol. The van der Waals surface area contributed by atoms with E-state index in [4.69, 9.17) is 0 Å². The minimum absolute atomic E-state index is 0.121. The number of benzene rings is 2. The Kier molecular flexibility index (Phi) is 3.34. The molecule has 2 aromatic rings. The van der Waals surface area contributed by atoms with Gasteiger partial charge < -0.3 is 0 Å².